The van der Waals surface area contributed by atoms with Crippen molar-refractivity contribution in [3.05, 3.63) is 59.3 Å². The number of ether oxygens (including phenoxy) is 1. The molecule has 4 rings (SSSR count). The molecule has 41 heavy (non-hydrogen) atoms. The number of benzene rings is 1. The number of ketones is 1. The zero-order valence-corrected chi connectivity index (χ0v) is 24.8. The number of esters is 1. The first-order valence-electron chi connectivity index (χ1n) is 14.1. The van der Waals surface area contributed by atoms with Crippen LogP contribution in [-0.4, -0.2) is 70.8 Å². The van der Waals surface area contributed by atoms with Crippen LogP contribution < -0.4 is 0 Å². The fourth-order valence-corrected chi connectivity index (χ4v) is 5.13. The topological polar surface area (TPSA) is 88.9 Å². The minimum absolute atomic E-state index is 0.0908. The zero-order valence-electron chi connectivity index (χ0n) is 24.8. The number of allylic oxidation sites excluding steroid dienone is 4. The molecule has 220 valence electrons. The van der Waals surface area contributed by atoms with Gasteiger partial charge in [0.1, 0.15) is 5.67 Å². The molecule has 0 N–H and O–H groups in total. The van der Waals surface area contributed by atoms with Crippen LogP contribution in [-0.2, 0) is 21.1 Å². The number of Topliss-reactive ketones (excluding diaryl/α,β-unsaturated/α-hetero) is 1. The van der Waals surface area contributed by atoms with Crippen molar-refractivity contribution in [3.8, 4) is 0 Å². The largest absolute Gasteiger partial charge is 0.443 e. The van der Waals surface area contributed by atoms with E-state index in [0.717, 1.165) is 24.8 Å². The molecule has 1 aliphatic carbocycles. The van der Waals surface area contributed by atoms with Gasteiger partial charge in [-0.1, -0.05) is 17.7 Å². The second kappa shape index (κ2) is 11.6. The van der Waals surface area contributed by atoms with E-state index in [4.69, 9.17) is 4.74 Å². The molecule has 1 aromatic carbocycles. The lowest BCUT2D eigenvalue weighted by molar-refractivity contribution is -0.156. The van der Waals surface area contributed by atoms with Crippen LogP contribution in [0.15, 0.2) is 48.2 Å². The molecule has 0 radical (unpaired) electrons. The maximum Gasteiger partial charge on any atom is 0.312 e. The highest BCUT2D eigenvalue weighted by atomic mass is 19.1. The van der Waals surface area contributed by atoms with Crippen molar-refractivity contribution in [2.45, 2.75) is 65.8 Å². The molecular formula is C32H40FN3O5. The fourth-order valence-electron chi connectivity index (χ4n) is 5.13. The van der Waals surface area contributed by atoms with Gasteiger partial charge >= 0.3 is 5.97 Å². The summed E-state index contributed by atoms with van der Waals surface area (Å²) in [6, 6.07) is 4.79. The molecule has 0 bridgehead atoms. The molecule has 0 spiro atoms. The lowest BCUT2D eigenvalue weighted by Crippen LogP contribution is -2.38. The molecule has 2 aromatic rings. The van der Waals surface area contributed by atoms with Gasteiger partial charge in [-0.3, -0.25) is 19.2 Å². The van der Waals surface area contributed by atoms with Crippen LogP contribution in [0.4, 0.5) is 4.39 Å². The molecule has 0 saturated carbocycles. The van der Waals surface area contributed by atoms with Gasteiger partial charge in [-0.25, -0.2) is 4.39 Å². The molecule has 2 aliphatic rings. The van der Waals surface area contributed by atoms with Gasteiger partial charge < -0.3 is 19.1 Å². The van der Waals surface area contributed by atoms with E-state index in [2.05, 4.69) is 0 Å². The summed E-state index contributed by atoms with van der Waals surface area (Å²) in [6.07, 6.45) is 10.0. The van der Waals surface area contributed by atoms with Crippen molar-refractivity contribution in [1.82, 2.24) is 14.4 Å². The van der Waals surface area contributed by atoms with Gasteiger partial charge in [0.05, 0.1) is 16.5 Å². The number of nitrogens with zero attached hydrogens (tertiary/aromatic N) is 3. The lowest BCUT2D eigenvalue weighted by Gasteiger charge is -2.32. The molecule has 9 heteroatoms. The minimum atomic E-state index is -1.28. The summed E-state index contributed by atoms with van der Waals surface area (Å²) in [5.74, 6) is -1.47. The molecule has 1 saturated heterocycles. The third-order valence-corrected chi connectivity index (χ3v) is 7.76. The van der Waals surface area contributed by atoms with Crippen molar-refractivity contribution in [2.75, 3.05) is 27.2 Å². The summed E-state index contributed by atoms with van der Waals surface area (Å²) in [6.45, 7) is 7.93. The monoisotopic (exact) mass is 565 g/mol. The van der Waals surface area contributed by atoms with Gasteiger partial charge in [-0.15, -0.1) is 0 Å². The number of aromatic nitrogens is 1. The lowest BCUT2D eigenvalue weighted by atomic mass is 9.86. The molecule has 8 nitrogen and oxygen atoms in total. The summed E-state index contributed by atoms with van der Waals surface area (Å²) in [7, 11) is 3.02. The Balaban J connectivity index is 1.55. The second-order valence-electron chi connectivity index (χ2n) is 12.6. The molecule has 1 aliphatic heterocycles. The van der Waals surface area contributed by atoms with E-state index < -0.39 is 22.8 Å². The molecular weight excluding hydrogens is 525 g/mol. The number of hydrogen-bond donors (Lipinski definition) is 0. The summed E-state index contributed by atoms with van der Waals surface area (Å²) in [5, 5.41) is 0.521. The Kier molecular flexibility index (Phi) is 8.57. The highest BCUT2D eigenvalue weighted by molar-refractivity contribution is 6.43. The van der Waals surface area contributed by atoms with Crippen molar-refractivity contribution >= 4 is 34.5 Å². The minimum Gasteiger partial charge on any atom is -0.443 e. The smallest absolute Gasteiger partial charge is 0.312 e. The first-order chi connectivity index (χ1) is 19.2. The van der Waals surface area contributed by atoms with Crippen LogP contribution in [0, 0.1) is 11.3 Å². The van der Waals surface area contributed by atoms with Gasteiger partial charge in [0.15, 0.2) is 6.73 Å². The summed E-state index contributed by atoms with van der Waals surface area (Å²) in [4.78, 5) is 54.4. The third-order valence-electron chi connectivity index (χ3n) is 7.76. The zero-order chi connectivity index (χ0) is 30.1. The molecule has 1 fully saturated rings. The van der Waals surface area contributed by atoms with Gasteiger partial charge in [-0.05, 0) is 77.2 Å². The van der Waals surface area contributed by atoms with Gasteiger partial charge in [0.2, 0.25) is 5.78 Å². The predicted molar refractivity (Wildman–Crippen MR) is 155 cm³/mol. The van der Waals surface area contributed by atoms with E-state index in [1.165, 1.54) is 19.0 Å². The Hall–Kier alpha value is -3.75. The Morgan fingerprint density at radius 3 is 2.39 bits per heavy atom. The highest BCUT2D eigenvalue weighted by Gasteiger charge is 2.29. The highest BCUT2D eigenvalue weighted by Crippen LogP contribution is 2.32. The quantitative estimate of drug-likeness (QED) is 0.258. The van der Waals surface area contributed by atoms with Crippen LogP contribution in [0.3, 0.4) is 0 Å². The maximum absolute atomic E-state index is 14.1. The molecule has 1 unspecified atom stereocenters. The van der Waals surface area contributed by atoms with Crippen molar-refractivity contribution in [2.24, 2.45) is 11.3 Å². The Morgan fingerprint density at radius 2 is 1.80 bits per heavy atom. The number of piperidine rings is 1. The first kappa shape index (κ1) is 30.2. The van der Waals surface area contributed by atoms with Gasteiger partial charge in [0, 0.05) is 50.8 Å². The van der Waals surface area contributed by atoms with Gasteiger partial charge in [0.25, 0.3) is 11.8 Å². The number of hydrogen-bond acceptors (Lipinski definition) is 5. The number of carbonyl (C=O) groups excluding carboxylic acids is 4. The van der Waals surface area contributed by atoms with Crippen LogP contribution in [0.2, 0.25) is 0 Å². The second-order valence-corrected chi connectivity index (χ2v) is 12.6. The summed E-state index contributed by atoms with van der Waals surface area (Å²) in [5.41, 5.74) is 0.363. The molecule has 1 aromatic heterocycles. The Labute approximate surface area is 240 Å². The Morgan fingerprint density at radius 1 is 1.12 bits per heavy atom. The summed E-state index contributed by atoms with van der Waals surface area (Å²) < 4.78 is 21.3. The normalized spacial score (nSPS) is 19.7. The standard InChI is InChI=1S/C32H40FN3O5/c1-31(2,3)30(40)41-20-36-19-25(24-18-23(7-8-26(24)36)27(37)29(39)34(5)6)28(38)35-15-11-22(12-16-35)17-21-9-13-32(4,33)14-10-21/h7-10,13,18-19,22H,11-12,14-17,20H2,1-6H3. The van der Waals surface area contributed by atoms with Crippen LogP contribution in [0.25, 0.3) is 10.9 Å². The van der Waals surface area contributed by atoms with Crippen molar-refractivity contribution in [3.63, 3.8) is 0 Å². The van der Waals surface area contributed by atoms with E-state index >= 15 is 0 Å². The maximum atomic E-state index is 14.1. The Bertz CT molecular complexity index is 1420. The number of alkyl halides is 1. The van der Waals surface area contributed by atoms with Crippen molar-refractivity contribution < 1.29 is 28.3 Å². The van der Waals surface area contributed by atoms with Crippen molar-refractivity contribution in [1.29, 1.82) is 0 Å². The van der Waals surface area contributed by atoms with E-state index in [9.17, 15) is 23.6 Å². The number of likely N-dealkylation sites (N-methyl/N-ethyl adjacent to an activating group) is 1. The van der Waals surface area contributed by atoms with E-state index in [1.807, 2.05) is 12.2 Å². The van der Waals surface area contributed by atoms with Crippen LogP contribution in [0.1, 0.15) is 74.1 Å². The number of rotatable bonds is 7. The first-order valence-corrected chi connectivity index (χ1v) is 14.1. The molecule has 2 heterocycles. The predicted octanol–water partition coefficient (Wildman–Crippen LogP) is 5.32. The third kappa shape index (κ3) is 6.94. The number of likely N-dealkylation sites (tertiary alicyclic amines) is 1. The van der Waals surface area contributed by atoms with Gasteiger partial charge in [-0.2, -0.15) is 0 Å². The number of fused-ring (bicyclic) bond motifs is 1. The van der Waals surface area contributed by atoms with E-state index in [1.54, 1.807) is 67.6 Å². The average molecular weight is 566 g/mol. The number of halogens is 1. The average Bonchev–Trinajstić information content (AvgIpc) is 3.29. The van der Waals surface area contributed by atoms with Crippen LogP contribution in [0.5, 0.6) is 0 Å². The number of carbonyl (C=O) groups is 4. The van der Waals surface area contributed by atoms with Crippen LogP contribution >= 0.6 is 0 Å². The fraction of sp³-hybridized carbons (Fsp3) is 0.500. The summed E-state index contributed by atoms with van der Waals surface area (Å²) >= 11 is 0. The SMILES string of the molecule is CN(C)C(=O)C(=O)c1ccc2c(c1)c(C(=O)N1CCC(CC3=CCC(C)(F)C=C3)CC1)cn2COC(=O)C(C)(C)C. The molecule has 2 amide bonds. The van der Waals surface area contributed by atoms with E-state index in [0.29, 0.717) is 41.9 Å². The van der Waals surface area contributed by atoms with E-state index in [-0.39, 0.29) is 24.2 Å². The number of amides is 2. The molecule has 1 atom stereocenters.